The maximum absolute atomic E-state index is 13.6. The van der Waals surface area contributed by atoms with Crippen LogP contribution in [0.15, 0.2) is 24.3 Å². The van der Waals surface area contributed by atoms with Crippen LogP contribution in [0.3, 0.4) is 0 Å². The van der Waals surface area contributed by atoms with E-state index >= 15 is 0 Å². The van der Waals surface area contributed by atoms with Gasteiger partial charge < -0.3 is 15.8 Å². The molecule has 0 saturated carbocycles. The fraction of sp³-hybridized carbons (Fsp3) is 0.533. The van der Waals surface area contributed by atoms with E-state index in [4.69, 9.17) is 10.5 Å². The molecule has 1 aromatic rings. The monoisotopic (exact) mass is 316 g/mol. The van der Waals surface area contributed by atoms with Gasteiger partial charge in [0, 0.05) is 19.3 Å². The normalized spacial score (nSPS) is 18.4. The van der Waals surface area contributed by atoms with E-state index in [0.717, 1.165) is 0 Å². The molecule has 0 radical (unpaired) electrons. The van der Waals surface area contributed by atoms with Crippen LogP contribution in [-0.4, -0.2) is 30.7 Å². The van der Waals surface area contributed by atoms with Crippen molar-refractivity contribution >= 4 is 18.3 Å². The minimum atomic E-state index is -0.859. The van der Waals surface area contributed by atoms with E-state index in [2.05, 4.69) is 5.32 Å². The van der Waals surface area contributed by atoms with Crippen LogP contribution in [-0.2, 0) is 16.0 Å². The predicted octanol–water partition coefficient (Wildman–Crippen LogP) is 1.80. The Morgan fingerprint density at radius 2 is 2.05 bits per heavy atom. The van der Waals surface area contributed by atoms with Crippen LogP contribution in [0.4, 0.5) is 4.39 Å². The predicted molar refractivity (Wildman–Crippen MR) is 81.9 cm³/mol. The molecule has 1 fully saturated rings. The highest BCUT2D eigenvalue weighted by molar-refractivity contribution is 5.86. The highest BCUT2D eigenvalue weighted by Gasteiger charge is 2.36. The lowest BCUT2D eigenvalue weighted by Crippen LogP contribution is -2.58. The molecule has 0 aromatic heterocycles. The second-order valence-corrected chi connectivity index (χ2v) is 5.44. The Balaban J connectivity index is 0.00000220. The smallest absolute Gasteiger partial charge is 0.240 e. The maximum atomic E-state index is 13.6. The van der Waals surface area contributed by atoms with E-state index in [1.807, 2.05) is 6.92 Å². The molecule has 1 amide bonds. The summed E-state index contributed by atoms with van der Waals surface area (Å²) in [5.41, 5.74) is 5.84. The van der Waals surface area contributed by atoms with Crippen molar-refractivity contribution in [3.63, 3.8) is 0 Å². The lowest BCUT2D eigenvalue weighted by atomic mass is 9.90. The van der Waals surface area contributed by atoms with Crippen molar-refractivity contribution in [2.24, 2.45) is 5.73 Å². The Morgan fingerprint density at radius 3 is 2.67 bits per heavy atom. The van der Waals surface area contributed by atoms with E-state index in [1.54, 1.807) is 18.2 Å². The molecule has 0 spiro atoms. The number of ether oxygens (including phenoxy) is 1. The topological polar surface area (TPSA) is 64.4 Å². The number of hydrogen-bond acceptors (Lipinski definition) is 3. The fourth-order valence-electron chi connectivity index (χ4n) is 2.38. The summed E-state index contributed by atoms with van der Waals surface area (Å²) >= 11 is 0. The van der Waals surface area contributed by atoms with Crippen LogP contribution in [0.5, 0.6) is 0 Å². The molecule has 1 heterocycles. The van der Waals surface area contributed by atoms with Gasteiger partial charge in [-0.25, -0.2) is 4.39 Å². The summed E-state index contributed by atoms with van der Waals surface area (Å²) in [6.45, 7) is 2.87. The van der Waals surface area contributed by atoms with Crippen LogP contribution >= 0.6 is 12.4 Å². The van der Waals surface area contributed by atoms with Crippen LogP contribution < -0.4 is 11.1 Å². The van der Waals surface area contributed by atoms with E-state index in [-0.39, 0.29) is 30.2 Å². The van der Waals surface area contributed by atoms with Gasteiger partial charge in [0.2, 0.25) is 5.91 Å². The van der Waals surface area contributed by atoms with E-state index in [0.29, 0.717) is 38.0 Å². The molecule has 2 rings (SSSR count). The summed E-state index contributed by atoms with van der Waals surface area (Å²) in [6.07, 6.45) is 1.49. The summed E-state index contributed by atoms with van der Waals surface area (Å²) in [5, 5.41) is 2.88. The largest absolute Gasteiger partial charge is 0.381 e. The number of carbonyl (C=O) groups excluding carboxylic acids is 1. The molecular formula is C15H22ClFN2O2. The van der Waals surface area contributed by atoms with Crippen molar-refractivity contribution in [3.05, 3.63) is 35.6 Å². The highest BCUT2D eigenvalue weighted by atomic mass is 35.5. The summed E-state index contributed by atoms with van der Waals surface area (Å²) in [4.78, 5) is 12.2. The minimum absolute atomic E-state index is 0. The summed E-state index contributed by atoms with van der Waals surface area (Å²) in [5.74, 6) is -0.424. The minimum Gasteiger partial charge on any atom is -0.381 e. The van der Waals surface area contributed by atoms with Crippen molar-refractivity contribution in [1.29, 1.82) is 0 Å². The van der Waals surface area contributed by atoms with Gasteiger partial charge >= 0.3 is 0 Å². The second kappa shape index (κ2) is 7.73. The molecule has 1 aliphatic rings. The number of nitrogens with two attached hydrogens (primary N) is 1. The molecule has 21 heavy (non-hydrogen) atoms. The maximum Gasteiger partial charge on any atom is 0.240 e. The second-order valence-electron chi connectivity index (χ2n) is 5.44. The van der Waals surface area contributed by atoms with Gasteiger partial charge in [-0.3, -0.25) is 4.79 Å². The molecule has 4 nitrogen and oxygen atoms in total. The Kier molecular flexibility index (Phi) is 6.58. The van der Waals surface area contributed by atoms with Crippen molar-refractivity contribution in [2.45, 2.75) is 37.8 Å². The Bertz CT molecular complexity index is 478. The quantitative estimate of drug-likeness (QED) is 0.890. The number of hydrogen-bond donors (Lipinski definition) is 2. The molecule has 1 aliphatic heterocycles. The van der Waals surface area contributed by atoms with Crippen LogP contribution in [0.2, 0.25) is 0 Å². The van der Waals surface area contributed by atoms with Crippen LogP contribution in [0.25, 0.3) is 0 Å². The fourth-order valence-corrected chi connectivity index (χ4v) is 2.38. The first-order chi connectivity index (χ1) is 9.51. The van der Waals surface area contributed by atoms with Gasteiger partial charge in [0.1, 0.15) is 5.82 Å². The van der Waals surface area contributed by atoms with Crippen molar-refractivity contribution < 1.29 is 13.9 Å². The first-order valence-corrected chi connectivity index (χ1v) is 6.92. The first-order valence-electron chi connectivity index (χ1n) is 6.92. The molecule has 0 aliphatic carbocycles. The highest BCUT2D eigenvalue weighted by Crippen LogP contribution is 2.18. The molecule has 6 heteroatoms. The third kappa shape index (κ3) is 4.66. The van der Waals surface area contributed by atoms with Gasteiger partial charge in [-0.15, -0.1) is 12.4 Å². The van der Waals surface area contributed by atoms with Crippen molar-refractivity contribution in [3.8, 4) is 0 Å². The zero-order chi connectivity index (χ0) is 14.6. The molecule has 1 saturated heterocycles. The molecular weight excluding hydrogens is 295 g/mol. The number of halogens is 2. The van der Waals surface area contributed by atoms with Gasteiger partial charge in [0.05, 0.1) is 5.54 Å². The molecule has 0 bridgehead atoms. The third-order valence-corrected chi connectivity index (χ3v) is 3.70. The van der Waals surface area contributed by atoms with Gasteiger partial charge in [0.25, 0.3) is 0 Å². The SMILES string of the molecule is CC(Cc1ccccc1F)NC(=O)C1(N)CCOCC1.Cl. The van der Waals surface area contributed by atoms with Crippen molar-refractivity contribution in [1.82, 2.24) is 5.32 Å². The Hall–Kier alpha value is -1.17. The lowest BCUT2D eigenvalue weighted by Gasteiger charge is -2.33. The molecule has 118 valence electrons. The standard InChI is InChI=1S/C15H21FN2O2.ClH/c1-11(10-12-4-2-3-5-13(12)16)18-14(19)15(17)6-8-20-9-7-15;/h2-5,11H,6-10,17H2,1H3,(H,18,19);1H. The third-order valence-electron chi connectivity index (χ3n) is 3.70. The lowest BCUT2D eigenvalue weighted by molar-refractivity contribution is -0.130. The van der Waals surface area contributed by atoms with Gasteiger partial charge in [-0.2, -0.15) is 0 Å². The van der Waals surface area contributed by atoms with Crippen LogP contribution in [0, 0.1) is 5.82 Å². The average molecular weight is 317 g/mol. The van der Waals surface area contributed by atoms with Gasteiger partial charge in [-0.05, 0) is 37.8 Å². The number of benzene rings is 1. The van der Waals surface area contributed by atoms with Gasteiger partial charge in [-0.1, -0.05) is 18.2 Å². The summed E-state index contributed by atoms with van der Waals surface area (Å²) < 4.78 is 18.8. The number of rotatable bonds is 4. The van der Waals surface area contributed by atoms with Crippen molar-refractivity contribution in [2.75, 3.05) is 13.2 Å². The number of carbonyl (C=O) groups is 1. The summed E-state index contributed by atoms with van der Waals surface area (Å²) in [6, 6.07) is 6.43. The zero-order valence-electron chi connectivity index (χ0n) is 12.1. The van der Waals surface area contributed by atoms with Crippen LogP contribution in [0.1, 0.15) is 25.3 Å². The molecule has 1 atom stereocenters. The molecule has 1 unspecified atom stereocenters. The zero-order valence-corrected chi connectivity index (χ0v) is 12.9. The first kappa shape index (κ1) is 17.9. The van der Waals surface area contributed by atoms with Gasteiger partial charge in [0.15, 0.2) is 0 Å². The molecule has 3 N–H and O–H groups in total. The number of nitrogens with one attached hydrogen (secondary N) is 1. The summed E-state index contributed by atoms with van der Waals surface area (Å²) in [7, 11) is 0. The average Bonchev–Trinajstić information content (AvgIpc) is 2.42. The number of amides is 1. The van der Waals surface area contributed by atoms with E-state index in [9.17, 15) is 9.18 Å². The Labute approximate surface area is 130 Å². The van der Waals surface area contributed by atoms with E-state index in [1.165, 1.54) is 6.07 Å². The van der Waals surface area contributed by atoms with E-state index < -0.39 is 5.54 Å². The Morgan fingerprint density at radius 1 is 1.43 bits per heavy atom. The molecule has 1 aromatic carbocycles.